The number of nitrogens with one attached hydrogen (secondary N) is 1. The molecule has 1 aliphatic heterocycles. The van der Waals surface area contributed by atoms with Gasteiger partial charge in [-0.2, -0.15) is 0 Å². The SMILES string of the molecule is COCCN1CC(C)(C)NC2(CCCC2)C1. The summed E-state index contributed by atoms with van der Waals surface area (Å²) < 4.78 is 5.20. The maximum atomic E-state index is 5.20. The Kier molecular flexibility index (Phi) is 3.57. The number of rotatable bonds is 3. The van der Waals surface area contributed by atoms with Crippen LogP contribution in [0.2, 0.25) is 0 Å². The van der Waals surface area contributed by atoms with Crippen LogP contribution >= 0.6 is 0 Å². The molecule has 1 aliphatic carbocycles. The highest BCUT2D eigenvalue weighted by Gasteiger charge is 2.43. The van der Waals surface area contributed by atoms with E-state index in [1.165, 1.54) is 32.2 Å². The lowest BCUT2D eigenvalue weighted by atomic mass is 9.87. The van der Waals surface area contributed by atoms with Crippen LogP contribution in [0.15, 0.2) is 0 Å². The van der Waals surface area contributed by atoms with Gasteiger partial charge in [-0.1, -0.05) is 12.8 Å². The van der Waals surface area contributed by atoms with Crippen LogP contribution in [0.5, 0.6) is 0 Å². The molecular formula is C13H26N2O. The smallest absolute Gasteiger partial charge is 0.0589 e. The summed E-state index contributed by atoms with van der Waals surface area (Å²) in [6, 6.07) is 0. The van der Waals surface area contributed by atoms with Crippen molar-refractivity contribution < 1.29 is 4.74 Å². The summed E-state index contributed by atoms with van der Waals surface area (Å²) in [6.45, 7) is 8.92. The molecule has 16 heavy (non-hydrogen) atoms. The average Bonchev–Trinajstić information content (AvgIpc) is 2.60. The van der Waals surface area contributed by atoms with Gasteiger partial charge in [-0.3, -0.25) is 4.90 Å². The Morgan fingerprint density at radius 2 is 1.88 bits per heavy atom. The van der Waals surface area contributed by atoms with E-state index < -0.39 is 0 Å². The first-order chi connectivity index (χ1) is 7.55. The summed E-state index contributed by atoms with van der Waals surface area (Å²) in [5, 5.41) is 3.89. The summed E-state index contributed by atoms with van der Waals surface area (Å²) in [4.78, 5) is 2.57. The second-order valence-corrected chi connectivity index (χ2v) is 6.20. The van der Waals surface area contributed by atoms with E-state index in [1.807, 2.05) is 0 Å². The minimum atomic E-state index is 0.246. The van der Waals surface area contributed by atoms with Crippen LogP contribution in [0.3, 0.4) is 0 Å². The Morgan fingerprint density at radius 3 is 2.50 bits per heavy atom. The van der Waals surface area contributed by atoms with Crippen LogP contribution in [0.4, 0.5) is 0 Å². The molecule has 0 unspecified atom stereocenters. The van der Waals surface area contributed by atoms with Crippen LogP contribution in [0.1, 0.15) is 39.5 Å². The van der Waals surface area contributed by atoms with Gasteiger partial charge in [-0.15, -0.1) is 0 Å². The fourth-order valence-corrected chi connectivity index (χ4v) is 3.55. The summed E-state index contributed by atoms with van der Waals surface area (Å²) in [7, 11) is 1.79. The molecule has 0 aromatic heterocycles. The topological polar surface area (TPSA) is 24.5 Å². The normalized spacial score (nSPS) is 28.7. The van der Waals surface area contributed by atoms with Crippen LogP contribution in [0, 0.1) is 0 Å². The van der Waals surface area contributed by atoms with Gasteiger partial charge >= 0.3 is 0 Å². The molecule has 0 aromatic carbocycles. The molecule has 2 fully saturated rings. The molecule has 0 radical (unpaired) electrons. The van der Waals surface area contributed by atoms with Crippen LogP contribution in [0.25, 0.3) is 0 Å². The van der Waals surface area contributed by atoms with Gasteiger partial charge in [-0.25, -0.2) is 0 Å². The predicted molar refractivity (Wildman–Crippen MR) is 66.7 cm³/mol. The predicted octanol–water partition coefficient (Wildman–Crippen LogP) is 1.63. The fraction of sp³-hybridized carbons (Fsp3) is 1.00. The molecule has 1 spiro atoms. The minimum absolute atomic E-state index is 0.246. The van der Waals surface area contributed by atoms with Crippen molar-refractivity contribution in [3.05, 3.63) is 0 Å². The molecule has 1 N–H and O–H groups in total. The molecule has 0 atom stereocenters. The molecule has 2 aliphatic rings. The Labute approximate surface area is 99.5 Å². The van der Waals surface area contributed by atoms with E-state index in [1.54, 1.807) is 7.11 Å². The second-order valence-electron chi connectivity index (χ2n) is 6.20. The standard InChI is InChI=1S/C13H26N2O/c1-12(2)10-15(8-9-16-3)11-13(14-12)6-4-5-7-13/h14H,4-11H2,1-3H3. The number of hydrogen-bond donors (Lipinski definition) is 1. The summed E-state index contributed by atoms with van der Waals surface area (Å²) in [5.74, 6) is 0. The van der Waals surface area contributed by atoms with Gasteiger partial charge in [0.2, 0.25) is 0 Å². The highest BCUT2D eigenvalue weighted by Crippen LogP contribution is 2.35. The third-order valence-electron chi connectivity index (χ3n) is 3.92. The van der Waals surface area contributed by atoms with Gasteiger partial charge in [0, 0.05) is 37.8 Å². The van der Waals surface area contributed by atoms with E-state index in [2.05, 4.69) is 24.1 Å². The third-order valence-corrected chi connectivity index (χ3v) is 3.92. The van der Waals surface area contributed by atoms with E-state index in [9.17, 15) is 0 Å². The van der Waals surface area contributed by atoms with Gasteiger partial charge in [-0.05, 0) is 26.7 Å². The molecule has 3 heteroatoms. The van der Waals surface area contributed by atoms with E-state index in [-0.39, 0.29) is 5.54 Å². The molecule has 0 amide bonds. The zero-order valence-corrected chi connectivity index (χ0v) is 11.0. The first-order valence-electron chi connectivity index (χ1n) is 6.56. The lowest BCUT2D eigenvalue weighted by Crippen LogP contribution is -2.68. The Balaban J connectivity index is 2.00. The van der Waals surface area contributed by atoms with Gasteiger partial charge in [0.05, 0.1) is 6.61 Å². The van der Waals surface area contributed by atoms with Crippen molar-refractivity contribution in [1.82, 2.24) is 10.2 Å². The van der Waals surface area contributed by atoms with Crippen molar-refractivity contribution in [3.63, 3.8) is 0 Å². The number of methoxy groups -OCH3 is 1. The summed E-state index contributed by atoms with van der Waals surface area (Å²) in [6.07, 6.45) is 5.47. The van der Waals surface area contributed by atoms with E-state index in [0.717, 1.165) is 19.7 Å². The fourth-order valence-electron chi connectivity index (χ4n) is 3.55. The number of nitrogens with zero attached hydrogens (tertiary/aromatic N) is 1. The number of piperazine rings is 1. The van der Waals surface area contributed by atoms with Crippen molar-refractivity contribution in [2.75, 3.05) is 33.4 Å². The summed E-state index contributed by atoms with van der Waals surface area (Å²) in [5.41, 5.74) is 0.645. The van der Waals surface area contributed by atoms with Gasteiger partial charge in [0.15, 0.2) is 0 Å². The van der Waals surface area contributed by atoms with Crippen molar-refractivity contribution >= 4 is 0 Å². The monoisotopic (exact) mass is 226 g/mol. The molecule has 94 valence electrons. The second kappa shape index (κ2) is 4.63. The lowest BCUT2D eigenvalue weighted by molar-refractivity contribution is 0.0438. The van der Waals surface area contributed by atoms with Crippen LogP contribution in [-0.2, 0) is 4.74 Å². The van der Waals surface area contributed by atoms with E-state index >= 15 is 0 Å². The molecule has 1 saturated heterocycles. The van der Waals surface area contributed by atoms with Crippen molar-refractivity contribution in [2.45, 2.75) is 50.6 Å². The largest absolute Gasteiger partial charge is 0.383 e. The van der Waals surface area contributed by atoms with Crippen LogP contribution < -0.4 is 5.32 Å². The van der Waals surface area contributed by atoms with E-state index in [0.29, 0.717) is 5.54 Å². The maximum Gasteiger partial charge on any atom is 0.0589 e. The van der Waals surface area contributed by atoms with Crippen molar-refractivity contribution in [3.8, 4) is 0 Å². The Hall–Kier alpha value is -0.120. The Morgan fingerprint density at radius 1 is 1.19 bits per heavy atom. The minimum Gasteiger partial charge on any atom is -0.383 e. The Bertz CT molecular complexity index is 234. The maximum absolute atomic E-state index is 5.20. The van der Waals surface area contributed by atoms with Crippen molar-refractivity contribution in [2.24, 2.45) is 0 Å². The van der Waals surface area contributed by atoms with Crippen molar-refractivity contribution in [1.29, 1.82) is 0 Å². The van der Waals surface area contributed by atoms with Gasteiger partial charge in [0.25, 0.3) is 0 Å². The molecule has 0 aromatic rings. The number of ether oxygens (including phenoxy) is 1. The number of hydrogen-bond acceptors (Lipinski definition) is 3. The first kappa shape index (κ1) is 12.3. The zero-order chi connectivity index (χ0) is 11.6. The summed E-state index contributed by atoms with van der Waals surface area (Å²) >= 11 is 0. The third kappa shape index (κ3) is 2.76. The van der Waals surface area contributed by atoms with Gasteiger partial charge < -0.3 is 10.1 Å². The molecule has 0 bridgehead atoms. The first-order valence-corrected chi connectivity index (χ1v) is 6.56. The molecule has 3 nitrogen and oxygen atoms in total. The lowest BCUT2D eigenvalue weighted by Gasteiger charge is -2.50. The highest BCUT2D eigenvalue weighted by atomic mass is 16.5. The molecular weight excluding hydrogens is 200 g/mol. The van der Waals surface area contributed by atoms with Crippen LogP contribution in [-0.4, -0.2) is 49.3 Å². The zero-order valence-electron chi connectivity index (χ0n) is 11.0. The molecule has 2 rings (SSSR count). The highest BCUT2D eigenvalue weighted by molar-refractivity contribution is 5.04. The quantitative estimate of drug-likeness (QED) is 0.791. The average molecular weight is 226 g/mol. The van der Waals surface area contributed by atoms with Gasteiger partial charge in [0.1, 0.15) is 0 Å². The molecule has 1 saturated carbocycles. The molecule has 1 heterocycles. The van der Waals surface area contributed by atoms with E-state index in [4.69, 9.17) is 4.74 Å².